The highest BCUT2D eigenvalue weighted by molar-refractivity contribution is 7.85. The summed E-state index contributed by atoms with van der Waals surface area (Å²) in [5, 5.41) is 0. The van der Waals surface area contributed by atoms with Gasteiger partial charge in [0.05, 0.1) is 10.5 Å². The minimum Gasteiger partial charge on any atom is -0.456 e. The Kier molecular flexibility index (Phi) is 5.74. The zero-order valence-corrected chi connectivity index (χ0v) is 17.1. The van der Waals surface area contributed by atoms with Crippen LogP contribution in [-0.4, -0.2) is 19.3 Å². The van der Waals surface area contributed by atoms with E-state index in [-0.39, 0.29) is 16.4 Å². The maximum Gasteiger partial charge on any atom is 0.294 e. The fourth-order valence-electron chi connectivity index (χ4n) is 3.95. The van der Waals surface area contributed by atoms with E-state index in [2.05, 4.69) is 0 Å². The van der Waals surface area contributed by atoms with E-state index in [4.69, 9.17) is 9.15 Å². The number of aldehydes is 1. The van der Waals surface area contributed by atoms with E-state index >= 15 is 0 Å². The quantitative estimate of drug-likeness (QED) is 0.393. The predicted octanol–water partition coefficient (Wildman–Crippen LogP) is 5.85. The van der Waals surface area contributed by atoms with E-state index in [1.807, 2.05) is 24.3 Å². The van der Waals surface area contributed by atoms with Crippen molar-refractivity contribution in [1.82, 2.24) is 0 Å². The summed E-state index contributed by atoms with van der Waals surface area (Å²) in [4.78, 5) is 10.7. The molecule has 0 aliphatic heterocycles. The average molecular weight is 426 g/mol. The van der Waals surface area contributed by atoms with Crippen LogP contribution in [0.3, 0.4) is 0 Å². The molecule has 0 radical (unpaired) electrons. The molecule has 1 saturated carbocycles. The molecule has 0 bridgehead atoms. The number of hydrogen-bond acceptors (Lipinski definition) is 5. The predicted molar refractivity (Wildman–Crippen MR) is 112 cm³/mol. The summed E-state index contributed by atoms with van der Waals surface area (Å²) in [5.41, 5.74) is 1.56. The van der Waals surface area contributed by atoms with Crippen LogP contribution in [0.4, 0.5) is 0 Å². The number of carbonyl (C=O) groups excluding carboxylic acids is 1. The largest absolute Gasteiger partial charge is 0.456 e. The number of ether oxygens (including phenoxy) is 1. The van der Waals surface area contributed by atoms with Gasteiger partial charge in [0.2, 0.25) is 0 Å². The third kappa shape index (κ3) is 4.32. The van der Waals surface area contributed by atoms with E-state index in [1.54, 1.807) is 6.07 Å². The summed E-state index contributed by atoms with van der Waals surface area (Å²) in [6, 6.07) is 14.9. The molecule has 1 heterocycles. The smallest absolute Gasteiger partial charge is 0.294 e. The molecule has 0 amide bonds. The van der Waals surface area contributed by atoms with Crippen molar-refractivity contribution in [2.75, 3.05) is 0 Å². The van der Waals surface area contributed by atoms with Gasteiger partial charge >= 0.3 is 0 Å². The molecule has 0 saturated heterocycles. The highest BCUT2D eigenvalue weighted by Gasteiger charge is 2.22. The Hall–Kier alpha value is -2.90. The first-order valence-corrected chi connectivity index (χ1v) is 11.3. The zero-order chi connectivity index (χ0) is 21.1. The van der Waals surface area contributed by atoms with Gasteiger partial charge in [0, 0.05) is 6.07 Å². The SMILES string of the molecule is O=Cc1ccc(-c2ccc(S(=O)(=O)O)cc2Oc2ccccc2C2CCCCC2)o1. The maximum absolute atomic E-state index is 11.7. The molecule has 2 aromatic carbocycles. The van der Waals surface area contributed by atoms with Crippen LogP contribution in [-0.2, 0) is 10.1 Å². The molecule has 0 atom stereocenters. The van der Waals surface area contributed by atoms with Crippen molar-refractivity contribution < 1.29 is 26.9 Å². The molecule has 1 aliphatic rings. The van der Waals surface area contributed by atoms with Gasteiger partial charge in [-0.3, -0.25) is 9.35 Å². The first-order chi connectivity index (χ1) is 14.5. The number of rotatable bonds is 6. The Morgan fingerprint density at radius 2 is 1.73 bits per heavy atom. The third-order valence-corrected chi connectivity index (χ3v) is 6.29. The van der Waals surface area contributed by atoms with Crippen LogP contribution in [0.5, 0.6) is 11.5 Å². The van der Waals surface area contributed by atoms with Crippen molar-refractivity contribution in [1.29, 1.82) is 0 Å². The molecule has 0 unspecified atom stereocenters. The molecule has 156 valence electrons. The normalized spacial score (nSPS) is 15.1. The third-order valence-electron chi connectivity index (χ3n) is 5.44. The molecule has 6 nitrogen and oxygen atoms in total. The fourth-order valence-corrected chi connectivity index (χ4v) is 4.45. The Labute approximate surface area is 175 Å². The molecule has 1 N–H and O–H groups in total. The second-order valence-corrected chi connectivity index (χ2v) is 8.85. The van der Waals surface area contributed by atoms with Gasteiger partial charge in [-0.05, 0) is 54.7 Å². The summed E-state index contributed by atoms with van der Waals surface area (Å²) >= 11 is 0. The van der Waals surface area contributed by atoms with Crippen LogP contribution >= 0.6 is 0 Å². The fraction of sp³-hybridized carbons (Fsp3) is 0.261. The van der Waals surface area contributed by atoms with Gasteiger partial charge in [0.25, 0.3) is 10.1 Å². The summed E-state index contributed by atoms with van der Waals surface area (Å²) in [6.07, 6.45) is 6.33. The molecular formula is C23H22O6S. The number of para-hydroxylation sites is 1. The van der Waals surface area contributed by atoms with Crippen molar-refractivity contribution in [2.45, 2.75) is 42.9 Å². The van der Waals surface area contributed by atoms with E-state index < -0.39 is 10.1 Å². The summed E-state index contributed by atoms with van der Waals surface area (Å²) in [5.74, 6) is 1.76. The average Bonchev–Trinajstić information content (AvgIpc) is 3.23. The highest BCUT2D eigenvalue weighted by atomic mass is 32.2. The number of benzene rings is 2. The van der Waals surface area contributed by atoms with Crippen molar-refractivity contribution in [2.24, 2.45) is 0 Å². The van der Waals surface area contributed by atoms with Crippen molar-refractivity contribution in [3.8, 4) is 22.8 Å². The molecule has 1 aromatic heterocycles. The topological polar surface area (TPSA) is 93.8 Å². The van der Waals surface area contributed by atoms with E-state index in [0.717, 1.165) is 18.4 Å². The van der Waals surface area contributed by atoms with Crippen molar-refractivity contribution in [3.05, 3.63) is 65.9 Å². The van der Waals surface area contributed by atoms with Gasteiger partial charge in [-0.2, -0.15) is 8.42 Å². The van der Waals surface area contributed by atoms with Gasteiger partial charge in [-0.1, -0.05) is 37.5 Å². The van der Waals surface area contributed by atoms with Gasteiger partial charge in [-0.15, -0.1) is 0 Å². The minimum atomic E-state index is -4.41. The first-order valence-electron chi connectivity index (χ1n) is 9.89. The zero-order valence-electron chi connectivity index (χ0n) is 16.3. The second-order valence-electron chi connectivity index (χ2n) is 7.43. The minimum absolute atomic E-state index is 0.150. The van der Waals surface area contributed by atoms with E-state index in [1.165, 1.54) is 43.5 Å². The lowest BCUT2D eigenvalue weighted by atomic mass is 9.84. The monoisotopic (exact) mass is 426 g/mol. The summed E-state index contributed by atoms with van der Waals surface area (Å²) < 4.78 is 44.6. The van der Waals surface area contributed by atoms with Crippen molar-refractivity contribution in [3.63, 3.8) is 0 Å². The van der Waals surface area contributed by atoms with Crippen LogP contribution in [0.25, 0.3) is 11.3 Å². The molecule has 3 aromatic rings. The number of carbonyl (C=O) groups is 1. The number of hydrogen-bond donors (Lipinski definition) is 1. The van der Waals surface area contributed by atoms with Gasteiger partial charge < -0.3 is 9.15 Å². The van der Waals surface area contributed by atoms with Gasteiger partial charge in [0.15, 0.2) is 12.0 Å². The Bertz CT molecular complexity index is 1160. The second kappa shape index (κ2) is 8.45. The van der Waals surface area contributed by atoms with Gasteiger partial charge in [0.1, 0.15) is 17.3 Å². The van der Waals surface area contributed by atoms with Crippen LogP contribution in [0.15, 0.2) is 63.9 Å². The van der Waals surface area contributed by atoms with Gasteiger partial charge in [-0.25, -0.2) is 0 Å². The van der Waals surface area contributed by atoms with Crippen LogP contribution in [0.1, 0.15) is 54.1 Å². The Morgan fingerprint density at radius 3 is 2.43 bits per heavy atom. The van der Waals surface area contributed by atoms with E-state index in [0.29, 0.717) is 29.3 Å². The lowest BCUT2D eigenvalue weighted by Gasteiger charge is -2.24. The lowest BCUT2D eigenvalue weighted by molar-refractivity contribution is 0.110. The molecular weight excluding hydrogens is 404 g/mol. The Morgan fingerprint density at radius 1 is 0.967 bits per heavy atom. The molecule has 1 fully saturated rings. The number of furan rings is 1. The Balaban J connectivity index is 1.78. The summed E-state index contributed by atoms with van der Waals surface area (Å²) in [7, 11) is -4.41. The molecule has 1 aliphatic carbocycles. The molecule has 30 heavy (non-hydrogen) atoms. The molecule has 4 rings (SSSR count). The van der Waals surface area contributed by atoms with E-state index in [9.17, 15) is 17.8 Å². The molecule has 7 heteroatoms. The van der Waals surface area contributed by atoms with Crippen LogP contribution in [0, 0.1) is 0 Å². The summed E-state index contributed by atoms with van der Waals surface area (Å²) in [6.45, 7) is 0. The maximum atomic E-state index is 11.7. The van der Waals surface area contributed by atoms with Crippen LogP contribution in [0.2, 0.25) is 0 Å². The first kappa shape index (κ1) is 20.4. The standard InChI is InChI=1S/C23H22O6S/c24-15-17-10-13-22(28-17)20-12-11-18(30(25,26)27)14-23(20)29-21-9-5-4-8-19(21)16-6-2-1-3-7-16/h4-5,8-16H,1-3,6-7H2,(H,25,26,27). The highest BCUT2D eigenvalue weighted by Crippen LogP contribution is 2.41. The molecule has 0 spiro atoms. The van der Waals surface area contributed by atoms with Crippen molar-refractivity contribution >= 4 is 16.4 Å². The lowest BCUT2D eigenvalue weighted by Crippen LogP contribution is -2.06. The van der Waals surface area contributed by atoms with Crippen LogP contribution < -0.4 is 4.74 Å².